The Kier molecular flexibility index (Phi) is 7.00. The summed E-state index contributed by atoms with van der Waals surface area (Å²) in [6.45, 7) is 10.7. The Morgan fingerprint density at radius 1 is 1.29 bits per heavy atom. The van der Waals surface area contributed by atoms with Crippen molar-refractivity contribution in [2.24, 2.45) is 5.92 Å². The molecule has 3 nitrogen and oxygen atoms in total. The third-order valence-electron chi connectivity index (χ3n) is 4.04. The first kappa shape index (κ1) is 17.3. The van der Waals surface area contributed by atoms with Crippen LogP contribution < -0.4 is 4.90 Å². The number of carboxylic acid groups (broad SMARTS) is 1. The summed E-state index contributed by atoms with van der Waals surface area (Å²) in [4.78, 5) is 13.0. The first-order valence-corrected chi connectivity index (χ1v) is 7.78. The number of aliphatic carboxylic acids is 1. The average Bonchev–Trinajstić information content (AvgIpc) is 2.47. The maximum absolute atomic E-state index is 10.6. The zero-order chi connectivity index (χ0) is 15.8. The standard InChI is InChI=1S/C18H27NO2/c1-5-15(6-2)13-19(7-3)17-10-8-16(14(4)12-17)9-11-18(20)21/h8-12,15H,5-7,13H2,1-4H3,(H,20,21). The Labute approximate surface area is 128 Å². The number of carboxylic acids is 1. The van der Waals surface area contributed by atoms with E-state index in [9.17, 15) is 4.79 Å². The fourth-order valence-corrected chi connectivity index (χ4v) is 2.48. The Morgan fingerprint density at radius 3 is 2.43 bits per heavy atom. The molecule has 0 radical (unpaired) electrons. The number of rotatable bonds is 8. The van der Waals surface area contributed by atoms with Crippen LogP contribution in [0.3, 0.4) is 0 Å². The van der Waals surface area contributed by atoms with Gasteiger partial charge in [0.05, 0.1) is 0 Å². The highest BCUT2D eigenvalue weighted by molar-refractivity contribution is 5.85. The highest BCUT2D eigenvalue weighted by atomic mass is 16.4. The molecule has 116 valence electrons. The molecule has 0 aliphatic carbocycles. The van der Waals surface area contributed by atoms with Gasteiger partial charge in [0.25, 0.3) is 0 Å². The van der Waals surface area contributed by atoms with Crippen molar-refractivity contribution in [3.8, 4) is 0 Å². The lowest BCUT2D eigenvalue weighted by Crippen LogP contribution is -2.29. The first-order chi connectivity index (χ1) is 10.0. The molecule has 1 aromatic rings. The average molecular weight is 289 g/mol. The number of anilines is 1. The Hall–Kier alpha value is -1.77. The predicted molar refractivity (Wildman–Crippen MR) is 89.8 cm³/mol. The number of nitrogens with zero attached hydrogens (tertiary/aromatic N) is 1. The van der Waals surface area contributed by atoms with E-state index in [-0.39, 0.29) is 0 Å². The molecule has 0 atom stereocenters. The molecule has 1 rings (SSSR count). The van der Waals surface area contributed by atoms with Gasteiger partial charge in [0.15, 0.2) is 0 Å². The van der Waals surface area contributed by atoms with E-state index in [1.165, 1.54) is 24.6 Å². The molecule has 3 heteroatoms. The number of carbonyl (C=O) groups is 1. The second-order valence-electron chi connectivity index (χ2n) is 5.43. The molecule has 0 heterocycles. The molecule has 0 saturated carbocycles. The summed E-state index contributed by atoms with van der Waals surface area (Å²) in [5.41, 5.74) is 3.28. The third-order valence-corrected chi connectivity index (χ3v) is 4.04. The van der Waals surface area contributed by atoms with Crippen LogP contribution in [0.2, 0.25) is 0 Å². The number of aryl methyl sites for hydroxylation is 1. The molecular weight excluding hydrogens is 262 g/mol. The van der Waals surface area contributed by atoms with Crippen molar-refractivity contribution in [3.05, 3.63) is 35.4 Å². The van der Waals surface area contributed by atoms with Crippen LogP contribution in [0.15, 0.2) is 24.3 Å². The normalized spacial score (nSPS) is 11.3. The van der Waals surface area contributed by atoms with E-state index in [0.29, 0.717) is 0 Å². The van der Waals surface area contributed by atoms with Crippen LogP contribution in [0, 0.1) is 12.8 Å². The molecule has 0 amide bonds. The lowest BCUT2D eigenvalue weighted by atomic mass is 10.0. The maximum atomic E-state index is 10.6. The van der Waals surface area contributed by atoms with Gasteiger partial charge < -0.3 is 10.0 Å². The van der Waals surface area contributed by atoms with Crippen LogP contribution in [0.1, 0.15) is 44.7 Å². The van der Waals surface area contributed by atoms with Crippen LogP contribution >= 0.6 is 0 Å². The minimum atomic E-state index is -0.914. The van der Waals surface area contributed by atoms with Crippen molar-refractivity contribution in [3.63, 3.8) is 0 Å². The Morgan fingerprint density at radius 2 is 1.95 bits per heavy atom. The predicted octanol–water partition coefficient (Wildman–Crippen LogP) is 4.36. The zero-order valence-electron chi connectivity index (χ0n) is 13.6. The molecule has 0 aliphatic rings. The van der Waals surface area contributed by atoms with Crippen LogP contribution in [0.5, 0.6) is 0 Å². The van der Waals surface area contributed by atoms with Crippen LogP contribution in [-0.4, -0.2) is 24.2 Å². The van der Waals surface area contributed by atoms with E-state index in [0.717, 1.165) is 30.1 Å². The van der Waals surface area contributed by atoms with Gasteiger partial charge >= 0.3 is 5.97 Å². The molecule has 0 unspecified atom stereocenters. The first-order valence-electron chi connectivity index (χ1n) is 7.78. The SMILES string of the molecule is CCC(CC)CN(CC)c1ccc(C=CC(=O)O)c(C)c1. The van der Waals surface area contributed by atoms with E-state index in [4.69, 9.17) is 5.11 Å². The van der Waals surface area contributed by atoms with E-state index in [2.05, 4.69) is 37.8 Å². The Bertz CT molecular complexity index is 490. The smallest absolute Gasteiger partial charge is 0.328 e. The number of hydrogen-bond donors (Lipinski definition) is 1. The topological polar surface area (TPSA) is 40.5 Å². The van der Waals surface area contributed by atoms with E-state index < -0.39 is 5.97 Å². The van der Waals surface area contributed by atoms with Gasteiger partial charge in [-0.1, -0.05) is 32.8 Å². The monoisotopic (exact) mass is 289 g/mol. The minimum absolute atomic E-state index is 0.719. The summed E-state index contributed by atoms with van der Waals surface area (Å²) in [5, 5.41) is 8.70. The third kappa shape index (κ3) is 5.25. The highest BCUT2D eigenvalue weighted by Gasteiger charge is 2.11. The quantitative estimate of drug-likeness (QED) is 0.723. The van der Waals surface area contributed by atoms with Gasteiger partial charge in [-0.05, 0) is 49.1 Å². The van der Waals surface area contributed by atoms with Gasteiger partial charge in [0.2, 0.25) is 0 Å². The van der Waals surface area contributed by atoms with E-state index in [1.807, 2.05) is 13.0 Å². The largest absolute Gasteiger partial charge is 0.478 e. The van der Waals surface area contributed by atoms with Gasteiger partial charge in [0.1, 0.15) is 0 Å². The van der Waals surface area contributed by atoms with Crippen molar-refractivity contribution in [1.29, 1.82) is 0 Å². The minimum Gasteiger partial charge on any atom is -0.478 e. The van der Waals surface area contributed by atoms with Gasteiger partial charge in [-0.15, -0.1) is 0 Å². The van der Waals surface area contributed by atoms with Crippen LogP contribution in [0.4, 0.5) is 5.69 Å². The molecule has 1 N–H and O–H groups in total. The highest BCUT2D eigenvalue weighted by Crippen LogP contribution is 2.22. The number of hydrogen-bond acceptors (Lipinski definition) is 2. The van der Waals surface area contributed by atoms with Crippen molar-refractivity contribution in [1.82, 2.24) is 0 Å². The molecule has 0 saturated heterocycles. The Balaban J connectivity index is 2.92. The van der Waals surface area contributed by atoms with Gasteiger partial charge in [0, 0.05) is 24.9 Å². The van der Waals surface area contributed by atoms with Crippen molar-refractivity contribution in [2.45, 2.75) is 40.5 Å². The summed E-state index contributed by atoms with van der Waals surface area (Å²) in [7, 11) is 0. The van der Waals surface area contributed by atoms with Crippen molar-refractivity contribution < 1.29 is 9.90 Å². The lowest BCUT2D eigenvalue weighted by Gasteiger charge is -2.28. The molecule has 21 heavy (non-hydrogen) atoms. The van der Waals surface area contributed by atoms with Gasteiger partial charge in [-0.25, -0.2) is 4.79 Å². The molecule has 0 fully saturated rings. The zero-order valence-corrected chi connectivity index (χ0v) is 13.6. The molecule has 0 bridgehead atoms. The summed E-state index contributed by atoms with van der Waals surface area (Å²) in [6, 6.07) is 6.23. The molecular formula is C18H27NO2. The second-order valence-corrected chi connectivity index (χ2v) is 5.43. The maximum Gasteiger partial charge on any atom is 0.328 e. The summed E-state index contributed by atoms with van der Waals surface area (Å²) < 4.78 is 0. The number of benzene rings is 1. The van der Waals surface area contributed by atoms with Crippen molar-refractivity contribution in [2.75, 3.05) is 18.0 Å². The summed E-state index contributed by atoms with van der Waals surface area (Å²) >= 11 is 0. The fraction of sp³-hybridized carbons (Fsp3) is 0.500. The lowest BCUT2D eigenvalue weighted by molar-refractivity contribution is -0.131. The van der Waals surface area contributed by atoms with E-state index in [1.54, 1.807) is 6.08 Å². The van der Waals surface area contributed by atoms with Gasteiger partial charge in [-0.2, -0.15) is 0 Å². The second kappa shape index (κ2) is 8.50. The summed E-state index contributed by atoms with van der Waals surface area (Å²) in [6.07, 6.45) is 5.24. The molecule has 1 aromatic carbocycles. The van der Waals surface area contributed by atoms with Gasteiger partial charge in [-0.3, -0.25) is 0 Å². The molecule has 0 aliphatic heterocycles. The van der Waals surface area contributed by atoms with E-state index >= 15 is 0 Å². The van der Waals surface area contributed by atoms with Crippen LogP contribution in [0.25, 0.3) is 6.08 Å². The fourth-order valence-electron chi connectivity index (χ4n) is 2.48. The molecule has 0 spiro atoms. The van der Waals surface area contributed by atoms with Crippen molar-refractivity contribution >= 4 is 17.7 Å². The molecule has 0 aromatic heterocycles. The summed E-state index contributed by atoms with van der Waals surface area (Å²) in [5.74, 6) is -0.195. The van der Waals surface area contributed by atoms with Crippen LogP contribution in [-0.2, 0) is 4.79 Å².